The molecule has 2 fully saturated rings. The van der Waals surface area contributed by atoms with Crippen LogP contribution in [0.3, 0.4) is 0 Å². The van der Waals surface area contributed by atoms with Gasteiger partial charge in [-0.3, -0.25) is 4.90 Å². The van der Waals surface area contributed by atoms with Crippen molar-refractivity contribution in [1.82, 2.24) is 10.2 Å². The van der Waals surface area contributed by atoms with Crippen molar-refractivity contribution in [3.8, 4) is 0 Å². The summed E-state index contributed by atoms with van der Waals surface area (Å²) in [5.41, 5.74) is 0. The summed E-state index contributed by atoms with van der Waals surface area (Å²) >= 11 is 0. The molecule has 0 radical (unpaired) electrons. The molecule has 1 heterocycles. The van der Waals surface area contributed by atoms with Gasteiger partial charge in [-0.2, -0.15) is 0 Å². The molecular weight excluding hydrogens is 232 g/mol. The second-order valence-corrected chi connectivity index (χ2v) is 7.56. The predicted molar refractivity (Wildman–Crippen MR) is 83.3 cm³/mol. The van der Waals surface area contributed by atoms with Crippen LogP contribution >= 0.6 is 0 Å². The highest BCUT2D eigenvalue weighted by molar-refractivity contribution is 4.91. The van der Waals surface area contributed by atoms with Crippen molar-refractivity contribution in [3.63, 3.8) is 0 Å². The number of hydrogen-bond acceptors (Lipinski definition) is 2. The van der Waals surface area contributed by atoms with E-state index in [0.29, 0.717) is 0 Å². The van der Waals surface area contributed by atoms with Gasteiger partial charge in [0, 0.05) is 18.6 Å². The van der Waals surface area contributed by atoms with Crippen molar-refractivity contribution in [1.29, 1.82) is 0 Å². The van der Waals surface area contributed by atoms with Crippen LogP contribution in [0.1, 0.15) is 53.4 Å². The fourth-order valence-electron chi connectivity index (χ4n) is 4.65. The third-order valence-corrected chi connectivity index (χ3v) is 5.68. The van der Waals surface area contributed by atoms with E-state index in [-0.39, 0.29) is 0 Å². The lowest BCUT2D eigenvalue weighted by Crippen LogP contribution is -2.49. The summed E-state index contributed by atoms with van der Waals surface area (Å²) in [6.07, 6.45) is 5.61. The Labute approximate surface area is 120 Å². The number of nitrogens with one attached hydrogen (secondary N) is 1. The largest absolute Gasteiger partial charge is 0.317 e. The van der Waals surface area contributed by atoms with E-state index in [1.165, 1.54) is 38.8 Å². The van der Waals surface area contributed by atoms with Crippen molar-refractivity contribution in [3.05, 3.63) is 0 Å². The number of nitrogens with zero attached hydrogens (tertiary/aromatic N) is 1. The van der Waals surface area contributed by atoms with Crippen LogP contribution in [-0.2, 0) is 0 Å². The minimum Gasteiger partial charge on any atom is -0.317 e. The third kappa shape index (κ3) is 3.52. The quantitative estimate of drug-likeness (QED) is 0.839. The fraction of sp³-hybridized carbons (Fsp3) is 1.00. The smallest absolute Gasteiger partial charge is 0.0119 e. The summed E-state index contributed by atoms with van der Waals surface area (Å²) in [7, 11) is 2.16. The van der Waals surface area contributed by atoms with E-state index in [4.69, 9.17) is 0 Å². The summed E-state index contributed by atoms with van der Waals surface area (Å²) in [5.74, 6) is 3.42. The molecule has 0 spiro atoms. The molecule has 2 nitrogen and oxygen atoms in total. The first-order chi connectivity index (χ1) is 9.02. The summed E-state index contributed by atoms with van der Waals surface area (Å²) in [6.45, 7) is 12.3. The molecule has 112 valence electrons. The zero-order valence-corrected chi connectivity index (χ0v) is 13.7. The molecule has 2 heteroatoms. The van der Waals surface area contributed by atoms with Crippen molar-refractivity contribution < 1.29 is 0 Å². The van der Waals surface area contributed by atoms with Gasteiger partial charge in [0.1, 0.15) is 0 Å². The van der Waals surface area contributed by atoms with E-state index in [1.54, 1.807) is 0 Å². The summed E-state index contributed by atoms with van der Waals surface area (Å²) in [5, 5.41) is 3.61. The maximum Gasteiger partial charge on any atom is 0.0119 e. The zero-order chi connectivity index (χ0) is 14.0. The van der Waals surface area contributed by atoms with Gasteiger partial charge in [0.2, 0.25) is 0 Å². The standard InChI is InChI=1S/C17H34N2/c1-12(2)17-7-6-8-19(17)11-15-14(4)9-13(3)10-16(15)18-5/h12-18H,6-11H2,1-5H3. The second-order valence-electron chi connectivity index (χ2n) is 7.56. The first-order valence-electron chi connectivity index (χ1n) is 8.44. The molecule has 19 heavy (non-hydrogen) atoms. The minimum atomic E-state index is 0.729. The average Bonchev–Trinajstić information content (AvgIpc) is 2.80. The zero-order valence-electron chi connectivity index (χ0n) is 13.7. The van der Waals surface area contributed by atoms with Crippen molar-refractivity contribution in [2.45, 2.75) is 65.5 Å². The molecule has 1 aliphatic heterocycles. The van der Waals surface area contributed by atoms with E-state index in [1.807, 2.05) is 0 Å². The number of likely N-dealkylation sites (tertiary alicyclic amines) is 1. The highest BCUT2D eigenvalue weighted by Gasteiger charge is 2.37. The van der Waals surface area contributed by atoms with Gasteiger partial charge < -0.3 is 5.32 Å². The first kappa shape index (κ1) is 15.3. The summed E-state index contributed by atoms with van der Waals surface area (Å²) < 4.78 is 0. The summed E-state index contributed by atoms with van der Waals surface area (Å²) in [4.78, 5) is 2.80. The first-order valence-corrected chi connectivity index (χ1v) is 8.44. The molecule has 0 aromatic heterocycles. The molecule has 2 rings (SSSR count). The molecule has 5 atom stereocenters. The van der Waals surface area contributed by atoms with Gasteiger partial charge in [-0.25, -0.2) is 0 Å². The maximum atomic E-state index is 3.61. The van der Waals surface area contributed by atoms with E-state index in [9.17, 15) is 0 Å². The van der Waals surface area contributed by atoms with Crippen LogP contribution in [0, 0.1) is 23.7 Å². The van der Waals surface area contributed by atoms with E-state index in [0.717, 1.165) is 35.8 Å². The SMILES string of the molecule is CNC1CC(C)CC(C)C1CN1CCCC1C(C)C. The van der Waals surface area contributed by atoms with E-state index in [2.05, 4.69) is 45.0 Å². The third-order valence-electron chi connectivity index (χ3n) is 5.68. The van der Waals surface area contributed by atoms with Gasteiger partial charge in [-0.1, -0.05) is 27.7 Å². The van der Waals surface area contributed by atoms with Crippen LogP contribution in [-0.4, -0.2) is 37.1 Å². The maximum absolute atomic E-state index is 3.61. The molecule has 5 unspecified atom stereocenters. The van der Waals surface area contributed by atoms with Crippen LogP contribution in [0.4, 0.5) is 0 Å². The molecule has 2 aliphatic rings. The van der Waals surface area contributed by atoms with Crippen molar-refractivity contribution >= 4 is 0 Å². The van der Waals surface area contributed by atoms with Gasteiger partial charge >= 0.3 is 0 Å². The van der Waals surface area contributed by atoms with Gasteiger partial charge in [0.25, 0.3) is 0 Å². The van der Waals surface area contributed by atoms with Gasteiger partial charge in [0.05, 0.1) is 0 Å². The van der Waals surface area contributed by atoms with Crippen LogP contribution in [0.25, 0.3) is 0 Å². The number of hydrogen-bond donors (Lipinski definition) is 1. The van der Waals surface area contributed by atoms with E-state index >= 15 is 0 Å². The lowest BCUT2D eigenvalue weighted by atomic mass is 9.72. The van der Waals surface area contributed by atoms with Gasteiger partial charge in [-0.15, -0.1) is 0 Å². The molecule has 0 aromatic carbocycles. The monoisotopic (exact) mass is 266 g/mol. The molecule has 1 saturated heterocycles. The van der Waals surface area contributed by atoms with Gasteiger partial charge in [0.15, 0.2) is 0 Å². The Morgan fingerprint density at radius 1 is 1.21 bits per heavy atom. The average molecular weight is 266 g/mol. The predicted octanol–water partition coefficient (Wildman–Crippen LogP) is 3.38. The lowest BCUT2D eigenvalue weighted by molar-refractivity contribution is 0.0885. The molecule has 1 saturated carbocycles. The fourth-order valence-corrected chi connectivity index (χ4v) is 4.65. The minimum absolute atomic E-state index is 0.729. The topological polar surface area (TPSA) is 15.3 Å². The van der Waals surface area contributed by atoms with E-state index < -0.39 is 0 Å². The normalized spacial score (nSPS) is 41.1. The highest BCUT2D eigenvalue weighted by atomic mass is 15.2. The summed E-state index contributed by atoms with van der Waals surface area (Å²) in [6, 6.07) is 1.57. The van der Waals surface area contributed by atoms with Crippen molar-refractivity contribution in [2.75, 3.05) is 20.1 Å². The van der Waals surface area contributed by atoms with Crippen molar-refractivity contribution in [2.24, 2.45) is 23.7 Å². The van der Waals surface area contributed by atoms with Gasteiger partial charge in [-0.05, 0) is 62.9 Å². The molecular formula is C17H34N2. The Morgan fingerprint density at radius 3 is 2.58 bits per heavy atom. The molecule has 1 N–H and O–H groups in total. The van der Waals surface area contributed by atoms with Crippen LogP contribution in [0.5, 0.6) is 0 Å². The molecule has 0 bridgehead atoms. The second kappa shape index (κ2) is 6.58. The van der Waals surface area contributed by atoms with Crippen LogP contribution in [0.2, 0.25) is 0 Å². The Bertz CT molecular complexity index is 276. The lowest BCUT2D eigenvalue weighted by Gasteiger charge is -2.43. The highest BCUT2D eigenvalue weighted by Crippen LogP contribution is 2.36. The molecule has 0 aromatic rings. The molecule has 0 amide bonds. The van der Waals surface area contributed by atoms with Crippen LogP contribution < -0.4 is 5.32 Å². The Balaban J connectivity index is 1.99. The molecule has 1 aliphatic carbocycles. The van der Waals surface area contributed by atoms with Crippen LogP contribution in [0.15, 0.2) is 0 Å². The number of rotatable bonds is 4. The Kier molecular flexibility index (Phi) is 5.30. The Morgan fingerprint density at radius 2 is 1.95 bits per heavy atom. The Hall–Kier alpha value is -0.0800.